The number of hydrogen-bond donors (Lipinski definition) is 2. The summed E-state index contributed by atoms with van der Waals surface area (Å²) in [7, 11) is 1.54. The summed E-state index contributed by atoms with van der Waals surface area (Å²) in [4.78, 5) is 12.2. The Labute approximate surface area is 108 Å². The Bertz CT molecular complexity index is 427. The average molecular weight is 251 g/mol. The summed E-state index contributed by atoms with van der Waals surface area (Å²) in [6.45, 7) is 5.72. The van der Waals surface area contributed by atoms with E-state index < -0.39 is 5.54 Å². The zero-order chi connectivity index (χ0) is 13.8. The molecule has 4 heteroatoms. The summed E-state index contributed by atoms with van der Waals surface area (Å²) in [5, 5.41) is 11.9. The van der Waals surface area contributed by atoms with Crippen molar-refractivity contribution in [3.63, 3.8) is 0 Å². The fourth-order valence-electron chi connectivity index (χ4n) is 1.72. The fraction of sp³-hybridized carbons (Fsp3) is 0.500. The molecule has 0 unspecified atom stereocenters. The first-order chi connectivity index (χ1) is 8.39. The van der Waals surface area contributed by atoms with Crippen LogP contribution in [-0.4, -0.2) is 30.3 Å². The number of nitrogens with one attached hydrogen (secondary N) is 1. The molecule has 18 heavy (non-hydrogen) atoms. The molecule has 0 spiro atoms. The van der Waals surface area contributed by atoms with E-state index in [1.54, 1.807) is 19.2 Å². The maximum Gasteiger partial charge on any atom is 0.255 e. The van der Waals surface area contributed by atoms with Gasteiger partial charge in [0.2, 0.25) is 0 Å². The third-order valence-electron chi connectivity index (χ3n) is 2.79. The number of hydrogen-bond acceptors (Lipinski definition) is 3. The highest BCUT2D eigenvalue weighted by atomic mass is 16.5. The van der Waals surface area contributed by atoms with E-state index >= 15 is 0 Å². The molecule has 0 aliphatic heterocycles. The predicted molar refractivity (Wildman–Crippen MR) is 71.0 cm³/mol. The van der Waals surface area contributed by atoms with Crippen LogP contribution in [0.2, 0.25) is 0 Å². The van der Waals surface area contributed by atoms with E-state index in [0.29, 0.717) is 17.7 Å². The summed E-state index contributed by atoms with van der Waals surface area (Å²) >= 11 is 0. The van der Waals surface area contributed by atoms with E-state index in [2.05, 4.69) is 5.32 Å². The Morgan fingerprint density at radius 2 is 2.11 bits per heavy atom. The quantitative estimate of drug-likeness (QED) is 0.840. The third-order valence-corrected chi connectivity index (χ3v) is 2.79. The van der Waals surface area contributed by atoms with Crippen molar-refractivity contribution in [1.29, 1.82) is 0 Å². The molecule has 0 aliphatic rings. The van der Waals surface area contributed by atoms with Crippen molar-refractivity contribution < 1.29 is 14.6 Å². The first-order valence-electron chi connectivity index (χ1n) is 5.97. The summed E-state index contributed by atoms with van der Waals surface area (Å²) < 4.78 is 5.19. The van der Waals surface area contributed by atoms with E-state index in [4.69, 9.17) is 9.84 Å². The fourth-order valence-corrected chi connectivity index (χ4v) is 1.72. The second-order valence-corrected chi connectivity index (χ2v) is 5.02. The van der Waals surface area contributed by atoms with Gasteiger partial charge in [0, 0.05) is 12.1 Å². The van der Waals surface area contributed by atoms with E-state index in [0.717, 1.165) is 5.56 Å². The molecule has 1 aromatic rings. The number of aliphatic hydroxyl groups excluding tert-OH is 1. The van der Waals surface area contributed by atoms with Crippen LogP contribution < -0.4 is 10.1 Å². The summed E-state index contributed by atoms with van der Waals surface area (Å²) in [6, 6.07) is 5.47. The molecule has 0 fully saturated rings. The smallest absolute Gasteiger partial charge is 0.255 e. The zero-order valence-corrected chi connectivity index (χ0v) is 11.4. The molecule has 100 valence electrons. The van der Waals surface area contributed by atoms with Crippen LogP contribution in [0, 0.1) is 6.92 Å². The lowest BCUT2D eigenvalue weighted by atomic mass is 10.00. The van der Waals surface area contributed by atoms with Gasteiger partial charge in [-0.3, -0.25) is 4.79 Å². The van der Waals surface area contributed by atoms with Crippen LogP contribution in [0.15, 0.2) is 18.2 Å². The monoisotopic (exact) mass is 251 g/mol. The number of rotatable bonds is 5. The second-order valence-electron chi connectivity index (χ2n) is 5.02. The van der Waals surface area contributed by atoms with Crippen molar-refractivity contribution in [2.45, 2.75) is 32.7 Å². The number of amides is 1. The maximum absolute atomic E-state index is 12.2. The number of carbonyl (C=O) groups excluding carboxylic acids is 1. The minimum absolute atomic E-state index is 0.0399. The van der Waals surface area contributed by atoms with Gasteiger partial charge in [0.25, 0.3) is 5.91 Å². The first kappa shape index (κ1) is 14.5. The summed E-state index contributed by atoms with van der Waals surface area (Å²) in [6.07, 6.45) is 0.507. The molecule has 0 aliphatic carbocycles. The molecular weight excluding hydrogens is 230 g/mol. The SMILES string of the molecule is COc1ccc(C)cc1C(=O)NC(C)(C)CCO. The van der Waals surface area contributed by atoms with E-state index in [1.807, 2.05) is 26.8 Å². The van der Waals surface area contributed by atoms with Crippen molar-refractivity contribution >= 4 is 5.91 Å². The van der Waals surface area contributed by atoms with Gasteiger partial charge in [-0.2, -0.15) is 0 Å². The lowest BCUT2D eigenvalue weighted by molar-refractivity contribution is 0.0896. The van der Waals surface area contributed by atoms with Crippen molar-refractivity contribution in [2.24, 2.45) is 0 Å². The molecule has 1 rings (SSSR count). The predicted octanol–water partition coefficient (Wildman–Crippen LogP) is 1.89. The third kappa shape index (κ3) is 3.74. The van der Waals surface area contributed by atoms with Crippen LogP contribution in [0.1, 0.15) is 36.2 Å². The van der Waals surface area contributed by atoms with Gasteiger partial charge in [0.15, 0.2) is 0 Å². The Kier molecular flexibility index (Phi) is 4.73. The molecule has 0 saturated carbocycles. The standard InChI is InChI=1S/C14H21NO3/c1-10-5-6-12(18-4)11(9-10)13(17)15-14(2,3)7-8-16/h5-6,9,16H,7-8H2,1-4H3,(H,15,17). The maximum atomic E-state index is 12.2. The number of benzene rings is 1. The van der Waals surface area contributed by atoms with Crippen LogP contribution in [-0.2, 0) is 0 Å². The molecule has 0 bridgehead atoms. The Hall–Kier alpha value is -1.55. The second kappa shape index (κ2) is 5.87. The summed E-state index contributed by atoms with van der Waals surface area (Å²) in [5.74, 6) is 0.367. The lowest BCUT2D eigenvalue weighted by Gasteiger charge is -2.25. The van der Waals surface area contributed by atoms with E-state index in [-0.39, 0.29) is 12.5 Å². The highest BCUT2D eigenvalue weighted by Crippen LogP contribution is 2.20. The van der Waals surface area contributed by atoms with Crippen molar-refractivity contribution in [1.82, 2.24) is 5.32 Å². The molecule has 1 amide bonds. The largest absolute Gasteiger partial charge is 0.496 e. The van der Waals surface area contributed by atoms with Gasteiger partial charge in [-0.25, -0.2) is 0 Å². The van der Waals surface area contributed by atoms with Gasteiger partial charge in [-0.15, -0.1) is 0 Å². The minimum atomic E-state index is -0.444. The first-order valence-corrected chi connectivity index (χ1v) is 5.97. The normalized spacial score (nSPS) is 11.2. The minimum Gasteiger partial charge on any atom is -0.496 e. The van der Waals surface area contributed by atoms with Gasteiger partial charge in [0.1, 0.15) is 5.75 Å². The molecule has 0 aromatic heterocycles. The number of methoxy groups -OCH3 is 1. The van der Waals surface area contributed by atoms with Crippen LogP contribution in [0.5, 0.6) is 5.75 Å². The van der Waals surface area contributed by atoms with Gasteiger partial charge in [-0.1, -0.05) is 11.6 Å². The van der Waals surface area contributed by atoms with Crippen LogP contribution in [0.4, 0.5) is 0 Å². The molecule has 2 N–H and O–H groups in total. The average Bonchev–Trinajstić information content (AvgIpc) is 2.28. The Morgan fingerprint density at radius 3 is 2.67 bits per heavy atom. The van der Waals surface area contributed by atoms with Crippen molar-refractivity contribution in [2.75, 3.05) is 13.7 Å². The zero-order valence-electron chi connectivity index (χ0n) is 11.4. The number of aliphatic hydroxyl groups is 1. The van der Waals surface area contributed by atoms with Crippen LogP contribution in [0.25, 0.3) is 0 Å². The molecule has 0 radical (unpaired) electrons. The van der Waals surface area contributed by atoms with Gasteiger partial charge in [-0.05, 0) is 39.3 Å². The Balaban J connectivity index is 2.93. The van der Waals surface area contributed by atoms with Crippen LogP contribution >= 0.6 is 0 Å². The van der Waals surface area contributed by atoms with Gasteiger partial charge < -0.3 is 15.2 Å². The van der Waals surface area contributed by atoms with Gasteiger partial charge in [0.05, 0.1) is 12.7 Å². The highest BCUT2D eigenvalue weighted by molar-refractivity contribution is 5.97. The molecule has 1 aromatic carbocycles. The molecule has 0 atom stereocenters. The Morgan fingerprint density at radius 1 is 1.44 bits per heavy atom. The molecule has 4 nitrogen and oxygen atoms in total. The molecular formula is C14H21NO3. The summed E-state index contributed by atoms with van der Waals surface area (Å²) in [5.41, 5.74) is 1.07. The van der Waals surface area contributed by atoms with E-state index in [1.165, 1.54) is 0 Å². The number of carbonyl (C=O) groups is 1. The molecule has 0 heterocycles. The number of ether oxygens (including phenoxy) is 1. The number of aryl methyl sites for hydroxylation is 1. The van der Waals surface area contributed by atoms with Gasteiger partial charge >= 0.3 is 0 Å². The van der Waals surface area contributed by atoms with Crippen molar-refractivity contribution in [3.05, 3.63) is 29.3 Å². The van der Waals surface area contributed by atoms with E-state index in [9.17, 15) is 4.79 Å². The topological polar surface area (TPSA) is 58.6 Å². The lowest BCUT2D eigenvalue weighted by Crippen LogP contribution is -2.44. The highest BCUT2D eigenvalue weighted by Gasteiger charge is 2.22. The van der Waals surface area contributed by atoms with Crippen LogP contribution in [0.3, 0.4) is 0 Å². The molecule has 0 saturated heterocycles. The van der Waals surface area contributed by atoms with Crippen molar-refractivity contribution in [3.8, 4) is 5.75 Å².